The van der Waals surface area contributed by atoms with Crippen LogP contribution in [0, 0.1) is 0 Å². The molecule has 2 aromatic rings. The van der Waals surface area contributed by atoms with E-state index in [0.29, 0.717) is 12.0 Å². The minimum absolute atomic E-state index is 0.179. The number of rotatable bonds is 4. The summed E-state index contributed by atoms with van der Waals surface area (Å²) in [5.74, 6) is -4.09. The Hall–Kier alpha value is -3.07. The number of Topliss-reactive ketones (excluding diaryl/α,β-unsaturated/α-hetero) is 2. The smallest absolute Gasteiger partial charge is 0.294 e. The molecule has 2 aliphatic carbocycles. The van der Waals surface area contributed by atoms with Crippen molar-refractivity contribution in [3.8, 4) is 5.75 Å². The first-order chi connectivity index (χ1) is 15.2. The Bertz CT molecular complexity index is 1230. The van der Waals surface area contributed by atoms with Crippen LogP contribution in [0.3, 0.4) is 0 Å². The number of hydrogen-bond acceptors (Lipinski definition) is 7. The van der Waals surface area contributed by atoms with Gasteiger partial charge in [-0.1, -0.05) is 44.2 Å². The molecular weight excluding hydrogens is 428 g/mol. The van der Waals surface area contributed by atoms with E-state index in [1.54, 1.807) is 35.7 Å². The van der Waals surface area contributed by atoms with Crippen molar-refractivity contribution in [2.45, 2.75) is 43.6 Å². The molecule has 0 saturated heterocycles. The second-order valence-electron chi connectivity index (χ2n) is 8.57. The predicted molar refractivity (Wildman–Crippen MR) is 118 cm³/mol. The van der Waals surface area contributed by atoms with Gasteiger partial charge in [-0.15, -0.1) is 11.3 Å². The average Bonchev–Trinajstić information content (AvgIpc) is 3.42. The number of nitrogens with two attached hydrogens (primary N) is 1. The zero-order valence-electron chi connectivity index (χ0n) is 17.5. The fourth-order valence-electron chi connectivity index (χ4n) is 4.73. The summed E-state index contributed by atoms with van der Waals surface area (Å²) < 4.78 is 6.02. The number of ketones is 2. The quantitative estimate of drug-likeness (QED) is 0.486. The van der Waals surface area contributed by atoms with Gasteiger partial charge in [0, 0.05) is 22.8 Å². The molecule has 3 atom stereocenters. The van der Waals surface area contributed by atoms with Crippen LogP contribution in [0.2, 0.25) is 0 Å². The van der Waals surface area contributed by atoms with Crippen LogP contribution in [0.4, 0.5) is 0 Å². The third-order valence-electron chi connectivity index (χ3n) is 6.38. The number of fused-ring (bicyclic) bond motifs is 4. The Kier molecular flexibility index (Phi) is 4.53. The van der Waals surface area contributed by atoms with Crippen molar-refractivity contribution in [2.75, 3.05) is 0 Å². The lowest BCUT2D eigenvalue weighted by Crippen LogP contribution is -2.64. The summed E-state index contributed by atoms with van der Waals surface area (Å²) in [4.78, 5) is 39.9. The van der Waals surface area contributed by atoms with Crippen molar-refractivity contribution >= 4 is 28.8 Å². The minimum atomic E-state index is -2.21. The zero-order valence-corrected chi connectivity index (χ0v) is 18.4. The van der Waals surface area contributed by atoms with Gasteiger partial charge in [0.15, 0.2) is 5.78 Å². The Morgan fingerprint density at radius 2 is 2.09 bits per heavy atom. The van der Waals surface area contributed by atoms with E-state index in [4.69, 9.17) is 10.5 Å². The van der Waals surface area contributed by atoms with E-state index in [9.17, 15) is 19.5 Å². The van der Waals surface area contributed by atoms with E-state index in [0.717, 1.165) is 16.9 Å². The van der Waals surface area contributed by atoms with Crippen molar-refractivity contribution in [3.63, 3.8) is 0 Å². The van der Waals surface area contributed by atoms with Crippen LogP contribution in [-0.4, -0.2) is 34.4 Å². The van der Waals surface area contributed by atoms with Gasteiger partial charge >= 0.3 is 0 Å². The number of nitrogens with one attached hydrogen (secondary N) is 1. The topological polar surface area (TPSA) is 119 Å². The van der Waals surface area contributed by atoms with E-state index in [2.05, 4.69) is 5.32 Å². The second-order valence-corrected chi connectivity index (χ2v) is 9.52. The predicted octanol–water partition coefficient (Wildman–Crippen LogP) is 2.31. The molecule has 7 nitrogen and oxygen atoms in total. The van der Waals surface area contributed by atoms with Gasteiger partial charge in [-0.05, 0) is 35.4 Å². The third-order valence-corrected chi connectivity index (χ3v) is 7.25. The lowest BCUT2D eigenvalue weighted by atomic mass is 9.80. The first-order valence-electron chi connectivity index (χ1n) is 10.4. The van der Waals surface area contributed by atoms with Gasteiger partial charge in [0.05, 0.1) is 4.88 Å². The summed E-state index contributed by atoms with van der Waals surface area (Å²) >= 11 is 1.12. The van der Waals surface area contributed by atoms with Gasteiger partial charge in [0.1, 0.15) is 5.75 Å². The van der Waals surface area contributed by atoms with Crippen molar-refractivity contribution in [1.82, 2.24) is 5.32 Å². The molecule has 0 bridgehead atoms. The lowest BCUT2D eigenvalue weighted by molar-refractivity contribution is -0.160. The molecule has 0 saturated carbocycles. The van der Waals surface area contributed by atoms with E-state index in [-0.39, 0.29) is 27.7 Å². The summed E-state index contributed by atoms with van der Waals surface area (Å²) in [7, 11) is 0. The SMILES string of the molecule is CC(C)c1ccc2c(c1)OC1(O)C3=C(C(=O)C21NC(=O)C(=O)c1cccs1)C(N)CC=C3. The van der Waals surface area contributed by atoms with E-state index in [1.807, 2.05) is 19.9 Å². The van der Waals surface area contributed by atoms with Gasteiger partial charge in [-0.25, -0.2) is 0 Å². The average molecular weight is 451 g/mol. The second kappa shape index (κ2) is 6.96. The van der Waals surface area contributed by atoms with Crippen molar-refractivity contribution in [1.29, 1.82) is 0 Å². The molecule has 3 aliphatic rings. The van der Waals surface area contributed by atoms with Crippen LogP contribution < -0.4 is 15.8 Å². The largest absolute Gasteiger partial charge is 0.454 e. The van der Waals surface area contributed by atoms with Crippen LogP contribution in [0.15, 0.2) is 59.0 Å². The van der Waals surface area contributed by atoms with Gasteiger partial charge < -0.3 is 20.9 Å². The molecule has 5 rings (SSSR count). The lowest BCUT2D eigenvalue weighted by Gasteiger charge is -2.35. The Morgan fingerprint density at radius 3 is 2.78 bits per heavy atom. The maximum Gasteiger partial charge on any atom is 0.294 e. The van der Waals surface area contributed by atoms with Gasteiger partial charge in [0.2, 0.25) is 5.54 Å². The molecule has 164 valence electrons. The van der Waals surface area contributed by atoms with Crippen molar-refractivity contribution in [2.24, 2.45) is 5.73 Å². The van der Waals surface area contributed by atoms with Crippen LogP contribution in [0.1, 0.15) is 47.0 Å². The number of ether oxygens (including phenoxy) is 1. The fraction of sp³-hybridized carbons (Fsp3) is 0.292. The van der Waals surface area contributed by atoms with Crippen molar-refractivity contribution in [3.05, 3.63) is 75.0 Å². The number of benzene rings is 1. The molecule has 0 fully saturated rings. The molecule has 0 radical (unpaired) electrons. The molecule has 1 amide bonds. The molecular formula is C24H22N2O5S. The molecule has 32 heavy (non-hydrogen) atoms. The molecule has 2 heterocycles. The maximum absolute atomic E-state index is 13.8. The van der Waals surface area contributed by atoms with Gasteiger partial charge in [-0.3, -0.25) is 14.4 Å². The summed E-state index contributed by atoms with van der Waals surface area (Å²) in [6.45, 7) is 4.02. The van der Waals surface area contributed by atoms with E-state index < -0.39 is 34.8 Å². The number of aliphatic hydroxyl groups is 1. The summed E-state index contributed by atoms with van der Waals surface area (Å²) in [5, 5.41) is 16.1. The monoisotopic (exact) mass is 450 g/mol. The molecule has 3 unspecified atom stereocenters. The number of thiophene rings is 1. The van der Waals surface area contributed by atoms with Crippen LogP contribution in [0.25, 0.3) is 0 Å². The molecule has 4 N–H and O–H groups in total. The highest BCUT2D eigenvalue weighted by molar-refractivity contribution is 7.13. The van der Waals surface area contributed by atoms with E-state index in [1.165, 1.54) is 6.07 Å². The Balaban J connectivity index is 1.68. The van der Waals surface area contributed by atoms with Crippen LogP contribution >= 0.6 is 11.3 Å². The molecule has 1 aromatic heterocycles. The molecule has 8 heteroatoms. The van der Waals surface area contributed by atoms with Crippen LogP contribution in [-0.2, 0) is 15.1 Å². The Morgan fingerprint density at radius 1 is 1.31 bits per heavy atom. The van der Waals surface area contributed by atoms with Gasteiger partial charge in [-0.2, -0.15) is 0 Å². The van der Waals surface area contributed by atoms with Crippen molar-refractivity contribution < 1.29 is 24.2 Å². The first kappa shape index (κ1) is 20.8. The maximum atomic E-state index is 13.8. The molecule has 1 aromatic carbocycles. The number of hydrogen-bond donors (Lipinski definition) is 3. The minimum Gasteiger partial charge on any atom is -0.454 e. The molecule has 0 spiro atoms. The summed E-state index contributed by atoms with van der Waals surface area (Å²) in [5.41, 5.74) is 5.88. The van der Waals surface area contributed by atoms with E-state index >= 15 is 0 Å². The Labute approximate surface area is 188 Å². The summed E-state index contributed by atoms with van der Waals surface area (Å²) in [6, 6.07) is 7.79. The zero-order chi connectivity index (χ0) is 22.8. The number of carbonyl (C=O) groups excluding carboxylic acids is 3. The first-order valence-corrected chi connectivity index (χ1v) is 11.3. The standard InChI is InChI=1S/C24H22N2O5S/c1-12(2)13-8-9-14-17(11-13)31-24(30)15-5-3-6-16(25)19(15)21(28)23(14,24)26-22(29)20(27)18-7-4-10-32-18/h3-5,7-12,16,30H,6,25H2,1-2H3,(H,26,29). The number of carbonyl (C=O) groups is 3. The third kappa shape index (κ3) is 2.57. The normalized spacial score (nSPS) is 27.8. The highest BCUT2D eigenvalue weighted by Crippen LogP contribution is 2.57. The summed E-state index contributed by atoms with van der Waals surface area (Å²) in [6.07, 6.45) is 3.79. The fourth-order valence-corrected chi connectivity index (χ4v) is 5.39. The molecule has 1 aliphatic heterocycles. The highest BCUT2D eigenvalue weighted by Gasteiger charge is 2.73. The highest BCUT2D eigenvalue weighted by atomic mass is 32.1. The van der Waals surface area contributed by atoms with Crippen LogP contribution in [0.5, 0.6) is 5.75 Å². The van der Waals surface area contributed by atoms with Gasteiger partial charge in [0.25, 0.3) is 17.5 Å². The number of amides is 1.